The number of hydrogen-bond donors (Lipinski definition) is 2. The van der Waals surface area contributed by atoms with E-state index in [1.807, 2.05) is 12.1 Å². The second kappa shape index (κ2) is 8.47. The summed E-state index contributed by atoms with van der Waals surface area (Å²) in [5.41, 5.74) is 4.62. The van der Waals surface area contributed by atoms with Gasteiger partial charge in [-0.2, -0.15) is 18.3 Å². The van der Waals surface area contributed by atoms with Crippen molar-refractivity contribution in [3.8, 4) is 0 Å². The number of nitrogens with zero attached hydrogens (tertiary/aromatic N) is 2. The molecule has 28 heavy (non-hydrogen) atoms. The number of thioether (sulfide) groups is 1. The van der Waals surface area contributed by atoms with Crippen molar-refractivity contribution in [1.29, 1.82) is 0 Å². The third-order valence-electron chi connectivity index (χ3n) is 3.86. The highest BCUT2D eigenvalue weighted by Crippen LogP contribution is 2.31. The minimum Gasteiger partial charge on any atom is -0.326 e. The maximum Gasteiger partial charge on any atom is 0.416 e. The van der Waals surface area contributed by atoms with E-state index in [4.69, 9.17) is 0 Å². The first-order chi connectivity index (χ1) is 13.3. The number of alkyl halides is 3. The zero-order valence-electron chi connectivity index (χ0n) is 14.9. The Morgan fingerprint density at radius 3 is 2.61 bits per heavy atom. The molecule has 0 unspecified atom stereocenters. The Hall–Kier alpha value is -2.81. The Kier molecular flexibility index (Phi) is 6.03. The van der Waals surface area contributed by atoms with E-state index in [0.29, 0.717) is 23.0 Å². The van der Waals surface area contributed by atoms with Gasteiger partial charge in [0.1, 0.15) is 0 Å². The molecule has 0 atom stereocenters. The van der Waals surface area contributed by atoms with Gasteiger partial charge < -0.3 is 5.32 Å². The number of amides is 1. The molecule has 0 saturated carbocycles. The molecule has 2 aromatic carbocycles. The molecule has 1 aliphatic heterocycles. The SMILES string of the molecule is CCC(=O)Nc1ccc(C2=NNC(=Nc3cccc(C(F)(F)F)c3)SC2)cc1. The molecule has 1 amide bonds. The lowest BCUT2D eigenvalue weighted by Gasteiger charge is -2.15. The van der Waals surface area contributed by atoms with Gasteiger partial charge in [-0.1, -0.05) is 36.9 Å². The van der Waals surface area contributed by atoms with Crippen LogP contribution in [-0.2, 0) is 11.0 Å². The molecule has 0 fully saturated rings. The monoisotopic (exact) mass is 406 g/mol. The molecule has 0 spiro atoms. The molecule has 2 N–H and O–H groups in total. The summed E-state index contributed by atoms with van der Waals surface area (Å²) in [6.07, 6.45) is -4.00. The normalized spacial score (nSPS) is 15.7. The number of halogens is 3. The molecule has 3 rings (SSSR count). The summed E-state index contributed by atoms with van der Waals surface area (Å²) < 4.78 is 38.4. The van der Waals surface area contributed by atoms with Gasteiger partial charge in [0, 0.05) is 17.9 Å². The van der Waals surface area contributed by atoms with Gasteiger partial charge in [-0.05, 0) is 35.9 Å². The van der Waals surface area contributed by atoms with E-state index < -0.39 is 11.7 Å². The van der Waals surface area contributed by atoms with Crippen molar-refractivity contribution >= 4 is 39.9 Å². The number of amidine groups is 1. The van der Waals surface area contributed by atoms with Crippen molar-refractivity contribution in [1.82, 2.24) is 5.43 Å². The van der Waals surface area contributed by atoms with Crippen LogP contribution in [0.3, 0.4) is 0 Å². The minimum absolute atomic E-state index is 0.0598. The summed E-state index contributed by atoms with van der Waals surface area (Å²) in [4.78, 5) is 15.6. The van der Waals surface area contributed by atoms with Gasteiger partial charge in [-0.25, -0.2) is 4.99 Å². The van der Waals surface area contributed by atoms with Crippen LogP contribution in [0.15, 0.2) is 58.6 Å². The molecular weight excluding hydrogens is 389 g/mol. The Bertz CT molecular complexity index is 924. The lowest BCUT2D eigenvalue weighted by atomic mass is 10.1. The van der Waals surface area contributed by atoms with E-state index >= 15 is 0 Å². The van der Waals surface area contributed by atoms with Crippen molar-refractivity contribution in [2.75, 3.05) is 11.1 Å². The number of hydrogen-bond acceptors (Lipinski definition) is 4. The smallest absolute Gasteiger partial charge is 0.326 e. The summed E-state index contributed by atoms with van der Waals surface area (Å²) in [7, 11) is 0. The van der Waals surface area contributed by atoms with Crippen molar-refractivity contribution < 1.29 is 18.0 Å². The van der Waals surface area contributed by atoms with Crippen molar-refractivity contribution in [2.24, 2.45) is 10.1 Å². The van der Waals surface area contributed by atoms with E-state index in [1.54, 1.807) is 19.1 Å². The molecule has 1 aliphatic rings. The third-order valence-corrected chi connectivity index (χ3v) is 4.73. The molecule has 0 aliphatic carbocycles. The summed E-state index contributed by atoms with van der Waals surface area (Å²) >= 11 is 1.35. The molecule has 2 aromatic rings. The lowest BCUT2D eigenvalue weighted by Crippen LogP contribution is -2.25. The van der Waals surface area contributed by atoms with Crippen molar-refractivity contribution in [2.45, 2.75) is 19.5 Å². The van der Waals surface area contributed by atoms with Crippen molar-refractivity contribution in [3.63, 3.8) is 0 Å². The predicted molar refractivity (Wildman–Crippen MR) is 106 cm³/mol. The first-order valence-corrected chi connectivity index (χ1v) is 9.45. The van der Waals surface area contributed by atoms with Crippen LogP contribution < -0.4 is 10.7 Å². The summed E-state index contributed by atoms with van der Waals surface area (Å²) in [5.74, 6) is 0.460. The Morgan fingerprint density at radius 2 is 2.00 bits per heavy atom. The van der Waals surface area contributed by atoms with Crippen LogP contribution in [0, 0.1) is 0 Å². The van der Waals surface area contributed by atoms with Crippen LogP contribution in [0.5, 0.6) is 0 Å². The Labute approximate surface area is 164 Å². The van der Waals surface area contributed by atoms with Crippen LogP contribution in [0.4, 0.5) is 24.5 Å². The van der Waals surface area contributed by atoms with Gasteiger partial charge in [-0.3, -0.25) is 10.2 Å². The van der Waals surface area contributed by atoms with E-state index in [0.717, 1.165) is 23.4 Å². The molecular formula is C19H17F3N4OS. The highest BCUT2D eigenvalue weighted by atomic mass is 32.2. The first kappa shape index (κ1) is 19.9. The maximum absolute atomic E-state index is 12.8. The van der Waals surface area contributed by atoms with Crippen LogP contribution in [0.1, 0.15) is 24.5 Å². The highest BCUT2D eigenvalue weighted by Gasteiger charge is 2.30. The standard InChI is InChI=1S/C19H17F3N4OS/c1-2-17(27)23-14-8-6-12(7-9-14)16-11-28-18(26-25-16)24-15-5-3-4-13(10-15)19(20,21)22/h3-10H,2,11H2,1H3,(H,23,27)(H,24,26). The zero-order valence-corrected chi connectivity index (χ0v) is 15.7. The van der Waals surface area contributed by atoms with Gasteiger partial charge in [0.25, 0.3) is 0 Å². The van der Waals surface area contributed by atoms with Crippen LogP contribution in [0.25, 0.3) is 0 Å². The summed E-state index contributed by atoms with van der Waals surface area (Å²) in [6, 6.07) is 12.1. The Balaban J connectivity index is 1.69. The molecule has 1 heterocycles. The van der Waals surface area contributed by atoms with Crippen molar-refractivity contribution in [3.05, 3.63) is 59.7 Å². The van der Waals surface area contributed by atoms with E-state index in [-0.39, 0.29) is 11.6 Å². The van der Waals surface area contributed by atoms with E-state index in [9.17, 15) is 18.0 Å². The summed E-state index contributed by atoms with van der Waals surface area (Å²) in [6.45, 7) is 1.78. The topological polar surface area (TPSA) is 65.8 Å². The van der Waals surface area contributed by atoms with Gasteiger partial charge in [0.15, 0.2) is 5.17 Å². The van der Waals surface area contributed by atoms with E-state index in [1.165, 1.54) is 23.9 Å². The number of carbonyl (C=O) groups excluding carboxylic acids is 1. The largest absolute Gasteiger partial charge is 0.416 e. The van der Waals surface area contributed by atoms with Crippen LogP contribution in [0.2, 0.25) is 0 Å². The molecule has 0 radical (unpaired) electrons. The molecule has 0 aromatic heterocycles. The highest BCUT2D eigenvalue weighted by molar-refractivity contribution is 8.14. The van der Waals surface area contributed by atoms with Gasteiger partial charge in [-0.15, -0.1) is 0 Å². The molecule has 0 saturated heterocycles. The average molecular weight is 406 g/mol. The van der Waals surface area contributed by atoms with Gasteiger partial charge in [0.2, 0.25) is 5.91 Å². The average Bonchev–Trinajstić information content (AvgIpc) is 2.69. The first-order valence-electron chi connectivity index (χ1n) is 8.47. The summed E-state index contributed by atoms with van der Waals surface area (Å²) in [5, 5.41) is 7.46. The number of aliphatic imine (C=N–C) groups is 1. The number of hydrazone groups is 1. The Morgan fingerprint density at radius 1 is 1.25 bits per heavy atom. The number of benzene rings is 2. The number of anilines is 1. The number of carbonyl (C=O) groups is 1. The second-order valence-electron chi connectivity index (χ2n) is 5.90. The van der Waals surface area contributed by atoms with Gasteiger partial charge in [0.05, 0.1) is 17.0 Å². The lowest BCUT2D eigenvalue weighted by molar-refractivity contribution is -0.137. The second-order valence-corrected chi connectivity index (χ2v) is 6.87. The molecule has 5 nitrogen and oxygen atoms in total. The molecule has 0 bridgehead atoms. The quantitative estimate of drug-likeness (QED) is 0.768. The fourth-order valence-corrected chi connectivity index (χ4v) is 3.17. The van der Waals surface area contributed by atoms with Crippen LogP contribution in [-0.4, -0.2) is 22.5 Å². The predicted octanol–water partition coefficient (Wildman–Crippen LogP) is 4.78. The third kappa shape index (κ3) is 5.13. The maximum atomic E-state index is 12.8. The fraction of sp³-hybridized carbons (Fsp3) is 0.211. The minimum atomic E-state index is -4.41. The number of nitrogens with one attached hydrogen (secondary N) is 2. The fourth-order valence-electron chi connectivity index (χ4n) is 2.39. The molecule has 146 valence electrons. The zero-order chi connectivity index (χ0) is 20.1. The van der Waals surface area contributed by atoms with Gasteiger partial charge >= 0.3 is 6.18 Å². The van der Waals surface area contributed by atoms with E-state index in [2.05, 4.69) is 20.8 Å². The van der Waals surface area contributed by atoms with Crippen LogP contribution >= 0.6 is 11.8 Å². The molecule has 9 heteroatoms. The number of rotatable bonds is 4.